The number of hydrogen-bond acceptors (Lipinski definition) is 3. The molecule has 84 valence electrons. The minimum atomic E-state index is -1.22. The summed E-state index contributed by atoms with van der Waals surface area (Å²) in [4.78, 5) is 4.54. The van der Waals surface area contributed by atoms with Crippen LogP contribution in [0, 0.1) is 11.6 Å². The molecule has 0 saturated carbocycles. The minimum Gasteiger partial charge on any atom is -0.497 e. The molecule has 0 amide bonds. The van der Waals surface area contributed by atoms with Crippen LogP contribution in [0.1, 0.15) is 19.4 Å². The number of rotatable bonds is 3. The zero-order valence-electron chi connectivity index (χ0n) is 8.80. The van der Waals surface area contributed by atoms with Crippen molar-refractivity contribution in [2.75, 3.05) is 7.11 Å². The van der Waals surface area contributed by atoms with Crippen molar-refractivity contribution in [1.29, 1.82) is 0 Å². The maximum absolute atomic E-state index is 13.5. The van der Waals surface area contributed by atoms with Crippen LogP contribution >= 0.6 is 0 Å². The fourth-order valence-corrected chi connectivity index (χ4v) is 1.30. The average Bonchev–Trinajstić information content (AvgIpc) is 2.16. The van der Waals surface area contributed by atoms with Crippen LogP contribution < -0.4 is 10.6 Å². The number of nitrogens with two attached hydrogens (primary N) is 1. The molecule has 1 aromatic carbocycles. The maximum Gasteiger partial charge on any atom is 0.135 e. The monoisotopic (exact) mass is 217 g/mol. The Labute approximate surface area is 86.7 Å². The van der Waals surface area contributed by atoms with Crippen LogP contribution in [-0.2, 0) is 10.4 Å². The lowest BCUT2D eigenvalue weighted by molar-refractivity contribution is -0.0286. The Morgan fingerprint density at radius 2 is 1.67 bits per heavy atom. The molecule has 0 fully saturated rings. The van der Waals surface area contributed by atoms with Gasteiger partial charge in [0, 0.05) is 12.1 Å². The van der Waals surface area contributed by atoms with Gasteiger partial charge in [0.1, 0.15) is 23.0 Å². The summed E-state index contributed by atoms with van der Waals surface area (Å²) in [7, 11) is 1.33. The largest absolute Gasteiger partial charge is 0.497 e. The summed E-state index contributed by atoms with van der Waals surface area (Å²) in [6.07, 6.45) is 0. The normalized spacial score (nSPS) is 11.6. The summed E-state index contributed by atoms with van der Waals surface area (Å²) >= 11 is 0. The van der Waals surface area contributed by atoms with Gasteiger partial charge in [0.2, 0.25) is 0 Å². The van der Waals surface area contributed by atoms with E-state index in [-0.39, 0.29) is 11.3 Å². The van der Waals surface area contributed by atoms with Crippen molar-refractivity contribution in [3.63, 3.8) is 0 Å². The second-order valence-corrected chi connectivity index (χ2v) is 3.59. The standard InChI is InChI=1S/C10H13F2NO2/c1-10(2,15-13)9-7(11)4-6(14-3)5-8(9)12/h4-5H,13H2,1-3H3. The summed E-state index contributed by atoms with van der Waals surface area (Å²) in [6, 6.07) is 2.17. The van der Waals surface area contributed by atoms with Crippen LogP contribution in [0.15, 0.2) is 12.1 Å². The minimum absolute atomic E-state index is 0.113. The predicted molar refractivity (Wildman–Crippen MR) is 51.2 cm³/mol. The van der Waals surface area contributed by atoms with Crippen molar-refractivity contribution in [2.24, 2.45) is 5.90 Å². The highest BCUT2D eigenvalue weighted by molar-refractivity contribution is 5.33. The SMILES string of the molecule is COc1cc(F)c(C(C)(C)ON)c(F)c1. The fourth-order valence-electron chi connectivity index (χ4n) is 1.30. The summed E-state index contributed by atoms with van der Waals surface area (Å²) in [5.74, 6) is 3.60. The highest BCUT2D eigenvalue weighted by atomic mass is 19.1. The van der Waals surface area contributed by atoms with E-state index in [9.17, 15) is 8.78 Å². The van der Waals surface area contributed by atoms with E-state index in [1.54, 1.807) is 0 Å². The highest BCUT2D eigenvalue weighted by Crippen LogP contribution is 2.30. The van der Waals surface area contributed by atoms with E-state index in [0.717, 1.165) is 12.1 Å². The first-order valence-corrected chi connectivity index (χ1v) is 4.33. The van der Waals surface area contributed by atoms with Gasteiger partial charge in [-0.3, -0.25) is 4.84 Å². The maximum atomic E-state index is 13.5. The Kier molecular flexibility index (Phi) is 3.26. The van der Waals surface area contributed by atoms with Crippen LogP contribution in [0.2, 0.25) is 0 Å². The summed E-state index contributed by atoms with van der Waals surface area (Å²) in [5.41, 5.74) is -1.44. The molecule has 1 rings (SSSR count). The van der Waals surface area contributed by atoms with Crippen molar-refractivity contribution < 1.29 is 18.4 Å². The first-order chi connectivity index (χ1) is 6.92. The molecule has 0 aromatic heterocycles. The molecule has 0 heterocycles. The smallest absolute Gasteiger partial charge is 0.135 e. The number of ether oxygens (including phenoxy) is 1. The van der Waals surface area contributed by atoms with Crippen LogP contribution in [0.5, 0.6) is 5.75 Å². The number of hydrogen-bond donors (Lipinski definition) is 1. The lowest BCUT2D eigenvalue weighted by Gasteiger charge is -2.23. The van der Waals surface area contributed by atoms with E-state index in [1.165, 1.54) is 21.0 Å². The molecule has 0 aliphatic carbocycles. The van der Waals surface area contributed by atoms with Gasteiger partial charge in [-0.25, -0.2) is 14.7 Å². The Bertz CT molecular complexity index is 343. The summed E-state index contributed by atoms with van der Waals surface area (Å²) in [6.45, 7) is 2.95. The van der Waals surface area contributed by atoms with Crippen LogP contribution in [-0.4, -0.2) is 7.11 Å². The van der Waals surface area contributed by atoms with Crippen molar-refractivity contribution in [2.45, 2.75) is 19.4 Å². The van der Waals surface area contributed by atoms with Crippen molar-refractivity contribution in [3.05, 3.63) is 29.3 Å². The molecule has 2 N–H and O–H groups in total. The first-order valence-electron chi connectivity index (χ1n) is 4.33. The van der Waals surface area contributed by atoms with Gasteiger partial charge in [-0.05, 0) is 13.8 Å². The quantitative estimate of drug-likeness (QED) is 0.788. The highest BCUT2D eigenvalue weighted by Gasteiger charge is 2.29. The number of benzene rings is 1. The molecule has 15 heavy (non-hydrogen) atoms. The van der Waals surface area contributed by atoms with Gasteiger partial charge in [-0.1, -0.05) is 0 Å². The van der Waals surface area contributed by atoms with E-state index < -0.39 is 17.2 Å². The summed E-state index contributed by atoms with van der Waals surface area (Å²) < 4.78 is 31.8. The van der Waals surface area contributed by atoms with E-state index in [4.69, 9.17) is 10.6 Å². The van der Waals surface area contributed by atoms with Crippen molar-refractivity contribution in [3.8, 4) is 5.75 Å². The predicted octanol–water partition coefficient (Wildman–Crippen LogP) is 2.10. The molecule has 0 atom stereocenters. The molecule has 5 heteroatoms. The van der Waals surface area contributed by atoms with E-state index >= 15 is 0 Å². The fraction of sp³-hybridized carbons (Fsp3) is 0.400. The zero-order valence-corrected chi connectivity index (χ0v) is 8.80. The Balaban J connectivity index is 3.31. The molecule has 0 spiro atoms. The Morgan fingerprint density at radius 3 is 2.00 bits per heavy atom. The van der Waals surface area contributed by atoms with Crippen LogP contribution in [0.25, 0.3) is 0 Å². The van der Waals surface area contributed by atoms with Crippen molar-refractivity contribution >= 4 is 0 Å². The second-order valence-electron chi connectivity index (χ2n) is 3.59. The van der Waals surface area contributed by atoms with Crippen molar-refractivity contribution in [1.82, 2.24) is 0 Å². The molecule has 0 saturated heterocycles. The van der Waals surface area contributed by atoms with Gasteiger partial charge in [0.15, 0.2) is 0 Å². The zero-order chi connectivity index (χ0) is 11.6. The second kappa shape index (κ2) is 4.12. The molecule has 3 nitrogen and oxygen atoms in total. The van der Waals surface area contributed by atoms with Crippen LogP contribution in [0.4, 0.5) is 8.78 Å². The lowest BCUT2D eigenvalue weighted by atomic mass is 9.97. The van der Waals surface area contributed by atoms with Gasteiger partial charge in [-0.2, -0.15) is 0 Å². The molecular formula is C10H13F2NO2. The molecule has 0 aliphatic rings. The van der Waals surface area contributed by atoms with Crippen LogP contribution in [0.3, 0.4) is 0 Å². The number of halogens is 2. The van der Waals surface area contributed by atoms with E-state index in [1.807, 2.05) is 0 Å². The lowest BCUT2D eigenvalue weighted by Crippen LogP contribution is -2.28. The number of methoxy groups -OCH3 is 1. The first kappa shape index (κ1) is 11.9. The third kappa shape index (κ3) is 2.24. The van der Waals surface area contributed by atoms with Gasteiger partial charge in [-0.15, -0.1) is 0 Å². The van der Waals surface area contributed by atoms with Gasteiger partial charge < -0.3 is 4.74 Å². The van der Waals surface area contributed by atoms with Gasteiger partial charge in [0.05, 0.1) is 12.7 Å². The molecule has 0 radical (unpaired) electrons. The van der Waals surface area contributed by atoms with E-state index in [0.29, 0.717) is 0 Å². The Hall–Kier alpha value is -1.20. The topological polar surface area (TPSA) is 44.5 Å². The molecular weight excluding hydrogens is 204 g/mol. The molecule has 0 bridgehead atoms. The molecule has 0 aliphatic heterocycles. The Morgan fingerprint density at radius 1 is 1.20 bits per heavy atom. The van der Waals surface area contributed by atoms with Gasteiger partial charge >= 0.3 is 0 Å². The van der Waals surface area contributed by atoms with Gasteiger partial charge in [0.25, 0.3) is 0 Å². The van der Waals surface area contributed by atoms with E-state index in [2.05, 4.69) is 4.84 Å². The third-order valence-corrected chi connectivity index (χ3v) is 2.15. The summed E-state index contributed by atoms with van der Waals surface area (Å²) in [5, 5.41) is 0. The molecule has 1 aromatic rings. The molecule has 0 unspecified atom stereocenters. The third-order valence-electron chi connectivity index (χ3n) is 2.15. The average molecular weight is 217 g/mol.